The number of hydrogen-bond donors (Lipinski definition) is 0. The van der Waals surface area contributed by atoms with Gasteiger partial charge in [-0.05, 0) is 18.2 Å². The van der Waals surface area contributed by atoms with Gasteiger partial charge in [0.2, 0.25) is 0 Å². The Morgan fingerprint density at radius 2 is 1.73 bits per heavy atom. The van der Waals surface area contributed by atoms with E-state index in [1.807, 2.05) is 0 Å². The van der Waals surface area contributed by atoms with Crippen LogP contribution in [0.2, 0.25) is 5.02 Å². The molecular formula is C15H8ClF3N2O. The van der Waals surface area contributed by atoms with E-state index in [1.165, 1.54) is 18.2 Å². The molecule has 0 N–H and O–H groups in total. The molecule has 0 radical (unpaired) electrons. The van der Waals surface area contributed by atoms with E-state index >= 15 is 0 Å². The number of rotatable bonds is 1. The van der Waals surface area contributed by atoms with Gasteiger partial charge in [0.25, 0.3) is 0 Å². The summed E-state index contributed by atoms with van der Waals surface area (Å²) in [6.07, 6.45) is -4.86. The second kappa shape index (κ2) is 5.14. The van der Waals surface area contributed by atoms with Gasteiger partial charge in [-0.3, -0.25) is 0 Å². The van der Waals surface area contributed by atoms with Crippen LogP contribution in [0.25, 0.3) is 22.2 Å². The lowest BCUT2D eigenvalue weighted by molar-refractivity contribution is -0.203. The van der Waals surface area contributed by atoms with Gasteiger partial charge in [0.05, 0.1) is 11.2 Å². The molecule has 0 amide bonds. The van der Waals surface area contributed by atoms with Gasteiger partial charge < -0.3 is 0 Å². The van der Waals surface area contributed by atoms with Gasteiger partial charge in [-0.1, -0.05) is 41.9 Å². The van der Waals surface area contributed by atoms with Gasteiger partial charge in [0, 0.05) is 16.0 Å². The monoisotopic (exact) mass is 324 g/mol. The molecule has 0 saturated carbocycles. The molecule has 0 saturated heterocycles. The van der Waals surface area contributed by atoms with E-state index in [-0.39, 0.29) is 26.2 Å². The van der Waals surface area contributed by atoms with Crippen molar-refractivity contribution in [2.24, 2.45) is 0 Å². The highest BCUT2D eigenvalue weighted by Gasteiger charge is 2.34. The molecule has 1 aromatic heterocycles. The SMILES string of the molecule is O=c1nc(-c2ccccc2)c2cc(Cl)ccc2n1C(F)(F)F. The molecule has 0 aliphatic rings. The number of alkyl halides is 3. The molecular weight excluding hydrogens is 317 g/mol. The van der Waals surface area contributed by atoms with E-state index in [4.69, 9.17) is 11.6 Å². The molecule has 22 heavy (non-hydrogen) atoms. The zero-order valence-electron chi connectivity index (χ0n) is 10.9. The first-order valence-corrected chi connectivity index (χ1v) is 6.60. The minimum atomic E-state index is -4.86. The van der Waals surface area contributed by atoms with Gasteiger partial charge >= 0.3 is 12.0 Å². The minimum absolute atomic E-state index is 0.163. The first-order chi connectivity index (χ1) is 10.4. The molecule has 1 heterocycles. The van der Waals surface area contributed by atoms with Crippen molar-refractivity contribution in [2.45, 2.75) is 6.30 Å². The van der Waals surface area contributed by atoms with Crippen molar-refractivity contribution in [1.82, 2.24) is 9.55 Å². The maximum Gasteiger partial charge on any atom is 0.493 e. The second-order valence-corrected chi connectivity index (χ2v) is 5.01. The van der Waals surface area contributed by atoms with Crippen LogP contribution in [0.5, 0.6) is 0 Å². The maximum absolute atomic E-state index is 13.1. The van der Waals surface area contributed by atoms with E-state index < -0.39 is 12.0 Å². The van der Waals surface area contributed by atoms with Gasteiger partial charge in [0.15, 0.2) is 0 Å². The van der Waals surface area contributed by atoms with Gasteiger partial charge in [0.1, 0.15) is 0 Å². The summed E-state index contributed by atoms with van der Waals surface area (Å²) in [6.45, 7) is 0. The Morgan fingerprint density at radius 1 is 1.05 bits per heavy atom. The fourth-order valence-electron chi connectivity index (χ4n) is 2.26. The first-order valence-electron chi connectivity index (χ1n) is 6.23. The highest BCUT2D eigenvalue weighted by atomic mass is 35.5. The van der Waals surface area contributed by atoms with E-state index in [9.17, 15) is 18.0 Å². The van der Waals surface area contributed by atoms with Gasteiger partial charge in [-0.15, -0.1) is 13.2 Å². The second-order valence-electron chi connectivity index (χ2n) is 4.57. The molecule has 0 aliphatic heterocycles. The Bertz CT molecular complexity index is 904. The van der Waals surface area contributed by atoms with Crippen molar-refractivity contribution in [2.75, 3.05) is 0 Å². The molecule has 2 aromatic carbocycles. The highest BCUT2D eigenvalue weighted by Crippen LogP contribution is 2.31. The zero-order valence-corrected chi connectivity index (χ0v) is 11.7. The van der Waals surface area contributed by atoms with Crippen molar-refractivity contribution in [3.8, 4) is 11.3 Å². The summed E-state index contributed by atoms with van der Waals surface area (Å²) in [5.41, 5.74) is -0.943. The lowest BCUT2D eigenvalue weighted by atomic mass is 10.1. The molecule has 0 aliphatic carbocycles. The van der Waals surface area contributed by atoms with Crippen LogP contribution in [0, 0.1) is 0 Å². The lowest BCUT2D eigenvalue weighted by Crippen LogP contribution is -2.33. The minimum Gasteiger partial charge on any atom is -0.245 e. The predicted molar refractivity (Wildman–Crippen MR) is 77.7 cm³/mol. The third-order valence-corrected chi connectivity index (χ3v) is 3.39. The normalized spacial score (nSPS) is 11.8. The molecule has 3 rings (SSSR count). The van der Waals surface area contributed by atoms with Crippen LogP contribution in [0.3, 0.4) is 0 Å². The molecule has 0 unspecified atom stereocenters. The molecule has 0 spiro atoms. The van der Waals surface area contributed by atoms with E-state index in [0.29, 0.717) is 5.56 Å². The number of hydrogen-bond acceptors (Lipinski definition) is 2. The van der Waals surface area contributed by atoms with Crippen molar-refractivity contribution >= 4 is 22.5 Å². The Balaban J connectivity index is 2.47. The Hall–Kier alpha value is -2.34. The van der Waals surface area contributed by atoms with Crippen LogP contribution in [-0.2, 0) is 6.30 Å². The number of fused-ring (bicyclic) bond motifs is 1. The maximum atomic E-state index is 13.1. The smallest absolute Gasteiger partial charge is 0.245 e. The topological polar surface area (TPSA) is 34.9 Å². The summed E-state index contributed by atoms with van der Waals surface area (Å²) in [5.74, 6) is 0. The van der Waals surface area contributed by atoms with Crippen molar-refractivity contribution in [3.63, 3.8) is 0 Å². The molecule has 3 aromatic rings. The van der Waals surface area contributed by atoms with Gasteiger partial charge in [-0.2, -0.15) is 4.98 Å². The van der Waals surface area contributed by atoms with Crippen LogP contribution >= 0.6 is 11.6 Å². The van der Waals surface area contributed by atoms with E-state index in [1.54, 1.807) is 30.3 Å². The number of benzene rings is 2. The van der Waals surface area contributed by atoms with Crippen LogP contribution in [0.4, 0.5) is 13.2 Å². The molecule has 0 fully saturated rings. The summed E-state index contributed by atoms with van der Waals surface area (Å²) in [5, 5.41) is 0.425. The van der Waals surface area contributed by atoms with Crippen LogP contribution < -0.4 is 5.69 Å². The van der Waals surface area contributed by atoms with Crippen LogP contribution in [0.1, 0.15) is 0 Å². The summed E-state index contributed by atoms with van der Waals surface area (Å²) in [4.78, 5) is 15.5. The number of halogens is 4. The third kappa shape index (κ3) is 2.46. The Labute approximate surface area is 127 Å². The highest BCUT2D eigenvalue weighted by molar-refractivity contribution is 6.31. The number of aromatic nitrogens is 2. The summed E-state index contributed by atoms with van der Waals surface area (Å²) < 4.78 is 39.0. The predicted octanol–water partition coefficient (Wildman–Crippen LogP) is 4.19. The summed E-state index contributed by atoms with van der Waals surface area (Å²) in [7, 11) is 0. The fourth-order valence-corrected chi connectivity index (χ4v) is 2.44. The number of nitrogens with zero attached hydrogens (tertiary/aromatic N) is 2. The van der Waals surface area contributed by atoms with Crippen molar-refractivity contribution in [1.29, 1.82) is 0 Å². The largest absolute Gasteiger partial charge is 0.493 e. The fraction of sp³-hybridized carbons (Fsp3) is 0.0667. The standard InChI is InChI=1S/C15H8ClF3N2O/c16-10-6-7-12-11(8-10)13(9-4-2-1-3-5-9)20-14(22)21(12)15(17,18)19/h1-8H. The summed E-state index contributed by atoms with van der Waals surface area (Å²) >= 11 is 5.89. The molecule has 3 nitrogen and oxygen atoms in total. The average Bonchev–Trinajstić information content (AvgIpc) is 2.46. The van der Waals surface area contributed by atoms with Crippen LogP contribution in [-0.4, -0.2) is 9.55 Å². The lowest BCUT2D eigenvalue weighted by Gasteiger charge is -2.15. The molecule has 0 atom stereocenters. The van der Waals surface area contributed by atoms with Crippen LogP contribution in [0.15, 0.2) is 53.3 Å². The van der Waals surface area contributed by atoms with E-state index in [0.717, 1.165) is 0 Å². The quantitative estimate of drug-likeness (QED) is 0.672. The third-order valence-electron chi connectivity index (χ3n) is 3.15. The average molecular weight is 325 g/mol. The van der Waals surface area contributed by atoms with E-state index in [2.05, 4.69) is 4.98 Å². The van der Waals surface area contributed by atoms with Crippen molar-refractivity contribution < 1.29 is 13.2 Å². The molecule has 7 heteroatoms. The zero-order chi connectivity index (χ0) is 15.9. The molecule has 0 bridgehead atoms. The summed E-state index contributed by atoms with van der Waals surface area (Å²) in [6, 6.07) is 12.4. The van der Waals surface area contributed by atoms with Crippen molar-refractivity contribution in [3.05, 3.63) is 64.0 Å². The first kappa shape index (κ1) is 14.6. The Morgan fingerprint density at radius 3 is 2.36 bits per heavy atom. The Kier molecular flexibility index (Phi) is 3.41. The van der Waals surface area contributed by atoms with Gasteiger partial charge in [-0.25, -0.2) is 9.36 Å². The molecule has 112 valence electrons.